The summed E-state index contributed by atoms with van der Waals surface area (Å²) < 4.78 is 1.33. The molecule has 1 heterocycles. The number of nitrogens with two attached hydrogens (primary N) is 3. The molecule has 40 heavy (non-hydrogen) atoms. The summed E-state index contributed by atoms with van der Waals surface area (Å²) in [5, 5.41) is 19.3. The highest BCUT2D eigenvalue weighted by molar-refractivity contribution is 6.32. The zero-order chi connectivity index (χ0) is 28.8. The van der Waals surface area contributed by atoms with E-state index in [4.69, 9.17) is 33.9 Å². The number of hydrogen-bond acceptors (Lipinski definition) is 5. The summed E-state index contributed by atoms with van der Waals surface area (Å²) in [6.45, 7) is 2.34. The Morgan fingerprint density at radius 1 is 1.12 bits per heavy atom. The van der Waals surface area contributed by atoms with Crippen LogP contribution in [0, 0.1) is 11.3 Å². The molecule has 1 unspecified atom stereocenters. The van der Waals surface area contributed by atoms with Crippen LogP contribution in [-0.4, -0.2) is 33.7 Å². The van der Waals surface area contributed by atoms with E-state index in [0.29, 0.717) is 29.8 Å². The van der Waals surface area contributed by atoms with Crippen molar-refractivity contribution in [2.75, 3.05) is 11.9 Å². The fourth-order valence-corrected chi connectivity index (χ4v) is 4.81. The highest BCUT2D eigenvalue weighted by atomic mass is 35.5. The Balaban J connectivity index is 1.57. The summed E-state index contributed by atoms with van der Waals surface area (Å²) in [5.41, 5.74) is 15.2. The first-order valence-corrected chi connectivity index (χ1v) is 13.1. The lowest BCUT2D eigenvalue weighted by molar-refractivity contribution is -0.121. The van der Waals surface area contributed by atoms with Gasteiger partial charge < -0.3 is 16.4 Å². The fourth-order valence-electron chi connectivity index (χ4n) is 4.52. The maximum Gasteiger partial charge on any atom is 0.294 e. The van der Waals surface area contributed by atoms with Crippen LogP contribution in [0.25, 0.3) is 11.3 Å². The van der Waals surface area contributed by atoms with E-state index in [1.807, 2.05) is 49.4 Å². The number of amidine groups is 2. The van der Waals surface area contributed by atoms with Gasteiger partial charge in [-0.25, -0.2) is 4.98 Å². The third-order valence-electron chi connectivity index (χ3n) is 6.64. The van der Waals surface area contributed by atoms with E-state index in [0.717, 1.165) is 16.7 Å². The minimum absolute atomic E-state index is 0.0404. The molecule has 1 atom stereocenters. The number of halogens is 1. The van der Waals surface area contributed by atoms with Crippen molar-refractivity contribution in [3.63, 3.8) is 0 Å². The van der Waals surface area contributed by atoms with Crippen LogP contribution < -0.4 is 33.1 Å². The molecule has 206 valence electrons. The standard InChI is InChI=1S/C29H31ClN8O2/c1-17-13-19(9-12-22(17)27(33)34)15-36-28-29(40)38(24(25(30)37-28)20-5-3-2-4-6-20)16-23(39)35-14-18-7-10-21(11-8-18)26(31)32/h2-12,17H,13-16H2,1H3,(H3,31,32)(H3,33,34)(H,35,39)(H,36,37)/p+1. The molecule has 0 saturated carbocycles. The molecule has 0 spiro atoms. The van der Waals surface area contributed by atoms with E-state index in [1.165, 1.54) is 4.57 Å². The maximum absolute atomic E-state index is 13.6. The summed E-state index contributed by atoms with van der Waals surface area (Å²) in [6.07, 6.45) is 4.40. The Morgan fingerprint density at radius 2 is 1.82 bits per heavy atom. The number of amides is 1. The van der Waals surface area contributed by atoms with Gasteiger partial charge in [-0.15, -0.1) is 0 Å². The van der Waals surface area contributed by atoms with Gasteiger partial charge in [-0.2, -0.15) is 0 Å². The summed E-state index contributed by atoms with van der Waals surface area (Å²) in [4.78, 5) is 31.0. The molecule has 0 saturated heterocycles. The second-order valence-corrected chi connectivity index (χ2v) is 9.96. The zero-order valence-corrected chi connectivity index (χ0v) is 22.8. The summed E-state index contributed by atoms with van der Waals surface area (Å²) >= 11 is 6.61. The Morgan fingerprint density at radius 3 is 2.45 bits per heavy atom. The summed E-state index contributed by atoms with van der Waals surface area (Å²) in [6, 6.07) is 16.3. The van der Waals surface area contributed by atoms with Gasteiger partial charge in [0.25, 0.3) is 11.4 Å². The molecule has 1 aliphatic carbocycles. The van der Waals surface area contributed by atoms with Crippen molar-refractivity contribution in [3.8, 4) is 11.3 Å². The van der Waals surface area contributed by atoms with Crippen LogP contribution in [-0.2, 0) is 17.9 Å². The minimum atomic E-state index is -0.471. The lowest BCUT2D eigenvalue weighted by atomic mass is 9.88. The molecular formula is C29H32ClN8O2+. The molecule has 0 bridgehead atoms. The first-order chi connectivity index (χ1) is 19.1. The van der Waals surface area contributed by atoms with Gasteiger partial charge in [0.1, 0.15) is 12.4 Å². The average Bonchev–Trinajstić information content (AvgIpc) is 2.93. The van der Waals surface area contributed by atoms with Gasteiger partial charge in [-0.1, -0.05) is 78.7 Å². The van der Waals surface area contributed by atoms with Gasteiger partial charge in [0.2, 0.25) is 5.91 Å². The molecule has 1 aromatic heterocycles. The van der Waals surface area contributed by atoms with Crippen molar-refractivity contribution in [2.24, 2.45) is 17.4 Å². The minimum Gasteiger partial charge on any atom is -0.384 e. The summed E-state index contributed by atoms with van der Waals surface area (Å²) in [7, 11) is 0. The zero-order valence-electron chi connectivity index (χ0n) is 22.1. The number of carbonyl (C=O) groups is 1. The van der Waals surface area contributed by atoms with E-state index < -0.39 is 5.56 Å². The Hall–Kier alpha value is -4.70. The van der Waals surface area contributed by atoms with Crippen LogP contribution in [0.15, 0.2) is 82.7 Å². The number of benzene rings is 2. The molecule has 1 aliphatic rings. The van der Waals surface area contributed by atoms with Gasteiger partial charge in [-0.3, -0.25) is 30.7 Å². The molecule has 4 rings (SSSR count). The highest BCUT2D eigenvalue weighted by Gasteiger charge is 2.21. The lowest BCUT2D eigenvalue weighted by Gasteiger charge is -2.21. The number of aromatic nitrogens is 2. The first-order valence-electron chi connectivity index (χ1n) is 12.7. The van der Waals surface area contributed by atoms with Crippen LogP contribution in [0.1, 0.15) is 24.5 Å². The Bertz CT molecular complexity index is 1560. The van der Waals surface area contributed by atoms with Gasteiger partial charge in [0.15, 0.2) is 11.0 Å². The average molecular weight is 560 g/mol. The second kappa shape index (κ2) is 12.4. The SMILES string of the molecule is CC1CC(CNc2nc(Cl)c(-c3ccccc3)n(CC(=O)NCc3ccc(C(N)=[NH2+])cc3)c2=O)=CC=C1C(=N)N. The van der Waals surface area contributed by atoms with E-state index in [-0.39, 0.29) is 47.6 Å². The van der Waals surface area contributed by atoms with Crippen LogP contribution in [0.4, 0.5) is 5.82 Å². The quantitative estimate of drug-likeness (QED) is 0.162. The topological polar surface area (TPSA) is 178 Å². The molecule has 11 heteroatoms. The number of anilines is 1. The van der Waals surface area contributed by atoms with Crippen molar-refractivity contribution in [2.45, 2.75) is 26.4 Å². The van der Waals surface area contributed by atoms with Gasteiger partial charge in [0, 0.05) is 18.7 Å². The van der Waals surface area contributed by atoms with E-state index >= 15 is 0 Å². The fraction of sp³-hybridized carbons (Fsp3) is 0.207. The van der Waals surface area contributed by atoms with Crippen molar-refractivity contribution < 1.29 is 10.2 Å². The molecule has 2 aromatic carbocycles. The van der Waals surface area contributed by atoms with Crippen LogP contribution >= 0.6 is 11.6 Å². The molecule has 1 amide bonds. The van der Waals surface area contributed by atoms with Crippen LogP contribution in [0.5, 0.6) is 0 Å². The van der Waals surface area contributed by atoms with Crippen molar-refractivity contribution >= 4 is 35.0 Å². The van der Waals surface area contributed by atoms with E-state index in [2.05, 4.69) is 15.6 Å². The third-order valence-corrected chi connectivity index (χ3v) is 6.90. The second-order valence-electron chi connectivity index (χ2n) is 9.61. The third kappa shape index (κ3) is 6.65. The predicted molar refractivity (Wildman–Crippen MR) is 158 cm³/mol. The molecule has 0 radical (unpaired) electrons. The number of allylic oxidation sites excluding steroid dienone is 2. The highest BCUT2D eigenvalue weighted by Crippen LogP contribution is 2.27. The van der Waals surface area contributed by atoms with E-state index in [9.17, 15) is 9.59 Å². The summed E-state index contributed by atoms with van der Waals surface area (Å²) in [5.74, 6) is 0.0241. The van der Waals surface area contributed by atoms with Crippen molar-refractivity contribution in [1.29, 1.82) is 5.41 Å². The van der Waals surface area contributed by atoms with Crippen LogP contribution in [0.2, 0.25) is 5.15 Å². The maximum atomic E-state index is 13.6. The Labute approximate surface area is 236 Å². The molecule has 0 fully saturated rings. The van der Waals surface area contributed by atoms with E-state index in [1.54, 1.807) is 24.3 Å². The predicted octanol–water partition coefficient (Wildman–Crippen LogP) is 1.58. The van der Waals surface area contributed by atoms with Crippen molar-refractivity contribution in [3.05, 3.63) is 105 Å². The number of nitrogens with one attached hydrogen (secondary N) is 3. The van der Waals surface area contributed by atoms with Gasteiger partial charge in [-0.05, 0) is 35.6 Å². The lowest BCUT2D eigenvalue weighted by Crippen LogP contribution is -2.46. The monoisotopic (exact) mass is 559 g/mol. The van der Waals surface area contributed by atoms with Gasteiger partial charge >= 0.3 is 0 Å². The molecular weight excluding hydrogens is 528 g/mol. The number of nitrogens with zero attached hydrogens (tertiary/aromatic N) is 2. The molecule has 3 aromatic rings. The Kier molecular flexibility index (Phi) is 8.80. The molecule has 0 aliphatic heterocycles. The first kappa shape index (κ1) is 28.3. The number of carbonyl (C=O) groups excluding carboxylic acids is 1. The number of rotatable bonds is 10. The largest absolute Gasteiger partial charge is 0.384 e. The molecule has 9 N–H and O–H groups in total. The van der Waals surface area contributed by atoms with Crippen LogP contribution in [0.3, 0.4) is 0 Å². The number of hydrogen-bond donors (Lipinski definition) is 6. The normalized spacial score (nSPS) is 14.6. The van der Waals surface area contributed by atoms with Gasteiger partial charge in [0.05, 0.1) is 11.3 Å². The van der Waals surface area contributed by atoms with Crippen molar-refractivity contribution in [1.82, 2.24) is 14.9 Å². The smallest absolute Gasteiger partial charge is 0.294 e. The molecule has 10 nitrogen and oxygen atoms in total.